The van der Waals surface area contributed by atoms with E-state index in [-0.39, 0.29) is 11.6 Å². The first kappa shape index (κ1) is 24.8. The molecule has 0 aliphatic carbocycles. The zero-order valence-corrected chi connectivity index (χ0v) is 22.6. The lowest BCUT2D eigenvalue weighted by Gasteiger charge is -2.35. The summed E-state index contributed by atoms with van der Waals surface area (Å²) in [5.74, 6) is 0.241. The van der Waals surface area contributed by atoms with Gasteiger partial charge in [-0.3, -0.25) is 14.7 Å². The molecule has 0 spiro atoms. The van der Waals surface area contributed by atoms with Crippen LogP contribution in [0.4, 0.5) is 11.5 Å². The third-order valence-electron chi connectivity index (χ3n) is 7.99. The Kier molecular flexibility index (Phi) is 5.92. The molecule has 2 amide bonds. The number of anilines is 2. The van der Waals surface area contributed by atoms with E-state index in [1.165, 1.54) is 11.1 Å². The van der Waals surface area contributed by atoms with Crippen LogP contribution in [0.25, 0.3) is 28.0 Å². The molecule has 2 aliphatic rings. The molecular weight excluding hydrogens is 518 g/mol. The number of aromatic amines is 1. The molecule has 2 aromatic carbocycles. The molecule has 41 heavy (non-hydrogen) atoms. The van der Waals surface area contributed by atoms with E-state index < -0.39 is 5.91 Å². The fraction of sp³-hybridized carbons (Fsp3) is 0.233. The maximum absolute atomic E-state index is 12.8. The molecule has 0 atom stereocenters. The van der Waals surface area contributed by atoms with Crippen LogP contribution in [0, 0.1) is 0 Å². The molecule has 5 aromatic rings. The molecular formula is C30H29N9O2. The molecule has 0 radical (unpaired) electrons. The Bertz CT molecular complexity index is 1760. The topological polar surface area (TPSA) is 129 Å². The van der Waals surface area contributed by atoms with Gasteiger partial charge in [0.25, 0.3) is 5.91 Å². The van der Waals surface area contributed by atoms with Gasteiger partial charge in [0, 0.05) is 69.7 Å². The number of aromatic nitrogens is 5. The minimum atomic E-state index is -0.626. The van der Waals surface area contributed by atoms with Crippen LogP contribution in [0.3, 0.4) is 0 Å². The normalized spacial score (nSPS) is 15.0. The van der Waals surface area contributed by atoms with E-state index >= 15 is 0 Å². The van der Waals surface area contributed by atoms with Gasteiger partial charge in [-0.15, -0.1) is 0 Å². The Balaban J connectivity index is 1.36. The van der Waals surface area contributed by atoms with Crippen molar-refractivity contribution in [1.29, 1.82) is 0 Å². The van der Waals surface area contributed by atoms with Crippen molar-refractivity contribution >= 4 is 29.0 Å². The fourth-order valence-corrected chi connectivity index (χ4v) is 5.83. The number of nitrogens with zero attached hydrogens (tertiary/aromatic N) is 7. The van der Waals surface area contributed by atoms with Gasteiger partial charge in [0.1, 0.15) is 5.82 Å². The molecule has 3 N–H and O–H groups in total. The van der Waals surface area contributed by atoms with Crippen LogP contribution in [0.2, 0.25) is 0 Å². The predicted octanol–water partition coefficient (Wildman–Crippen LogP) is 3.07. The highest BCUT2D eigenvalue weighted by atomic mass is 16.2. The first-order chi connectivity index (χ1) is 20.0. The molecule has 3 aromatic heterocycles. The smallest absolute Gasteiger partial charge is 0.269 e. The zero-order valence-electron chi connectivity index (χ0n) is 22.6. The highest BCUT2D eigenvalue weighted by molar-refractivity contribution is 6.02. The van der Waals surface area contributed by atoms with Crippen LogP contribution in [0.5, 0.6) is 0 Å². The summed E-state index contributed by atoms with van der Waals surface area (Å²) in [7, 11) is 0. The van der Waals surface area contributed by atoms with Crippen molar-refractivity contribution in [2.45, 2.75) is 20.0 Å². The standard InChI is InChI=1S/C30H29N9O2/c1-19(40)36-9-11-37(12-10-36)24-8-4-7-20(13-24)27-28(29(31)41)35-39-25(23-15-32-33-16-23)14-26(34-30(27)39)38-17-21-5-2-3-6-22(21)18-38/h2-8,13-16H,9-12,17-18H2,1H3,(H2,31,41)(H,32,33). The lowest BCUT2D eigenvalue weighted by molar-refractivity contribution is -0.129. The summed E-state index contributed by atoms with van der Waals surface area (Å²) in [6, 6.07) is 18.4. The maximum atomic E-state index is 12.8. The summed E-state index contributed by atoms with van der Waals surface area (Å²) in [5.41, 5.74) is 13.1. The number of amides is 2. The van der Waals surface area contributed by atoms with Gasteiger partial charge in [0.2, 0.25) is 5.91 Å². The molecule has 11 heteroatoms. The molecule has 0 unspecified atom stereocenters. The van der Waals surface area contributed by atoms with Crippen molar-refractivity contribution in [2.24, 2.45) is 5.73 Å². The van der Waals surface area contributed by atoms with Gasteiger partial charge in [-0.1, -0.05) is 36.4 Å². The SMILES string of the molecule is CC(=O)N1CCN(c2cccc(-c3c(C(N)=O)nn4c(-c5cn[nH]c5)cc(N5Cc6ccccc6C5)nc34)c2)CC1. The number of fused-ring (bicyclic) bond motifs is 2. The van der Waals surface area contributed by atoms with Gasteiger partial charge in [-0.25, -0.2) is 9.50 Å². The predicted molar refractivity (Wildman–Crippen MR) is 155 cm³/mol. The molecule has 1 fully saturated rings. The molecule has 1 saturated heterocycles. The van der Waals surface area contributed by atoms with Gasteiger partial charge in [-0.2, -0.15) is 10.2 Å². The Morgan fingerprint density at radius 3 is 2.32 bits per heavy atom. The van der Waals surface area contributed by atoms with E-state index in [4.69, 9.17) is 10.7 Å². The van der Waals surface area contributed by atoms with E-state index in [9.17, 15) is 9.59 Å². The number of primary amides is 1. The van der Waals surface area contributed by atoms with Crippen molar-refractivity contribution < 1.29 is 9.59 Å². The first-order valence-corrected chi connectivity index (χ1v) is 13.6. The van der Waals surface area contributed by atoms with Crippen LogP contribution < -0.4 is 15.5 Å². The average Bonchev–Trinajstić information content (AvgIpc) is 3.75. The summed E-state index contributed by atoms with van der Waals surface area (Å²) in [6.07, 6.45) is 3.52. The van der Waals surface area contributed by atoms with Gasteiger partial charge in [0.05, 0.1) is 17.5 Å². The highest BCUT2D eigenvalue weighted by Gasteiger charge is 2.27. The summed E-state index contributed by atoms with van der Waals surface area (Å²) >= 11 is 0. The summed E-state index contributed by atoms with van der Waals surface area (Å²) in [6.45, 7) is 5.86. The number of hydrogen-bond acceptors (Lipinski definition) is 7. The van der Waals surface area contributed by atoms with E-state index in [1.807, 2.05) is 35.2 Å². The second-order valence-corrected chi connectivity index (χ2v) is 10.5. The first-order valence-electron chi connectivity index (χ1n) is 13.6. The van der Waals surface area contributed by atoms with Gasteiger partial charge < -0.3 is 20.4 Å². The van der Waals surface area contributed by atoms with E-state index in [2.05, 4.69) is 49.4 Å². The highest BCUT2D eigenvalue weighted by Crippen LogP contribution is 2.36. The van der Waals surface area contributed by atoms with E-state index in [0.29, 0.717) is 24.3 Å². The lowest BCUT2D eigenvalue weighted by Crippen LogP contribution is -2.48. The molecule has 206 valence electrons. The average molecular weight is 548 g/mol. The third kappa shape index (κ3) is 4.35. The number of benzene rings is 2. The van der Waals surface area contributed by atoms with Crippen LogP contribution in [-0.2, 0) is 17.9 Å². The summed E-state index contributed by atoms with van der Waals surface area (Å²) < 4.78 is 1.69. The molecule has 0 bridgehead atoms. The largest absolute Gasteiger partial charge is 0.368 e. The Labute approximate surface area is 236 Å². The number of H-pyrrole nitrogens is 1. The molecule has 2 aliphatic heterocycles. The number of nitrogens with one attached hydrogen (secondary N) is 1. The van der Waals surface area contributed by atoms with E-state index in [1.54, 1.807) is 23.8 Å². The van der Waals surface area contributed by atoms with Crippen molar-refractivity contribution in [3.63, 3.8) is 0 Å². The van der Waals surface area contributed by atoms with Crippen LogP contribution in [-0.4, -0.2) is 67.7 Å². The third-order valence-corrected chi connectivity index (χ3v) is 7.99. The van der Waals surface area contributed by atoms with Gasteiger partial charge in [-0.05, 0) is 28.8 Å². The molecule has 11 nitrogen and oxygen atoms in total. The fourth-order valence-electron chi connectivity index (χ4n) is 5.83. The Hall–Kier alpha value is -5.19. The van der Waals surface area contributed by atoms with Gasteiger partial charge in [0.15, 0.2) is 11.3 Å². The number of carbonyl (C=O) groups excluding carboxylic acids is 2. The lowest BCUT2D eigenvalue weighted by atomic mass is 10.0. The number of hydrogen-bond donors (Lipinski definition) is 2. The monoisotopic (exact) mass is 547 g/mol. The van der Waals surface area contributed by atoms with Crippen LogP contribution >= 0.6 is 0 Å². The Morgan fingerprint density at radius 1 is 0.902 bits per heavy atom. The summed E-state index contributed by atoms with van der Waals surface area (Å²) in [5, 5.41) is 11.7. The molecule has 5 heterocycles. The van der Waals surface area contributed by atoms with Crippen molar-refractivity contribution in [3.05, 3.63) is 83.8 Å². The van der Waals surface area contributed by atoms with Crippen molar-refractivity contribution in [2.75, 3.05) is 36.0 Å². The zero-order chi connectivity index (χ0) is 28.1. The number of piperazine rings is 1. The second kappa shape index (κ2) is 9.77. The number of carbonyl (C=O) groups is 2. The van der Waals surface area contributed by atoms with Crippen molar-refractivity contribution in [3.8, 4) is 22.4 Å². The quantitative estimate of drug-likeness (QED) is 0.346. The molecule has 7 rings (SSSR count). The second-order valence-electron chi connectivity index (χ2n) is 10.5. The minimum absolute atomic E-state index is 0.0901. The van der Waals surface area contributed by atoms with Crippen molar-refractivity contribution in [1.82, 2.24) is 29.7 Å². The number of nitrogens with two attached hydrogens (primary N) is 1. The Morgan fingerprint density at radius 2 is 1.66 bits per heavy atom. The summed E-state index contributed by atoms with van der Waals surface area (Å²) in [4.78, 5) is 36.0. The van der Waals surface area contributed by atoms with Gasteiger partial charge >= 0.3 is 0 Å². The van der Waals surface area contributed by atoms with Crippen LogP contribution in [0.1, 0.15) is 28.5 Å². The number of rotatable bonds is 5. The van der Waals surface area contributed by atoms with E-state index in [0.717, 1.165) is 54.5 Å². The minimum Gasteiger partial charge on any atom is -0.368 e. The maximum Gasteiger partial charge on any atom is 0.269 e. The van der Waals surface area contributed by atoms with Crippen LogP contribution in [0.15, 0.2) is 67.0 Å². The molecule has 0 saturated carbocycles.